The summed E-state index contributed by atoms with van der Waals surface area (Å²) in [7, 11) is 2.75. The van der Waals surface area contributed by atoms with Crippen molar-refractivity contribution in [3.05, 3.63) is 18.2 Å². The molecule has 24 heavy (non-hydrogen) atoms. The van der Waals surface area contributed by atoms with E-state index in [2.05, 4.69) is 0 Å². The number of halogens is 4. The first-order valence-corrected chi connectivity index (χ1v) is 9.08. The largest absolute Gasteiger partial charge is 0.495 e. The highest BCUT2D eigenvalue weighted by Gasteiger charge is 2.43. The van der Waals surface area contributed by atoms with Crippen molar-refractivity contribution in [2.75, 3.05) is 38.2 Å². The smallest absolute Gasteiger partial charge is 0.471 e. The molecule has 0 radical (unpaired) electrons. The highest BCUT2D eigenvalue weighted by molar-refractivity contribution is 8.13. The molecular formula is C13H14ClF3N2O4S. The second kappa shape index (κ2) is 6.67. The van der Waals surface area contributed by atoms with Gasteiger partial charge in [0.25, 0.3) is 9.05 Å². The first kappa shape index (κ1) is 18.7. The van der Waals surface area contributed by atoms with Gasteiger partial charge in [-0.2, -0.15) is 13.2 Å². The van der Waals surface area contributed by atoms with Crippen LogP contribution >= 0.6 is 10.7 Å². The van der Waals surface area contributed by atoms with E-state index in [-0.39, 0.29) is 31.1 Å². The van der Waals surface area contributed by atoms with Gasteiger partial charge >= 0.3 is 12.1 Å². The van der Waals surface area contributed by atoms with Crippen molar-refractivity contribution in [3.63, 3.8) is 0 Å². The zero-order chi connectivity index (χ0) is 18.1. The maximum absolute atomic E-state index is 12.5. The van der Waals surface area contributed by atoms with E-state index in [0.29, 0.717) is 16.3 Å². The molecule has 2 rings (SSSR count). The van der Waals surface area contributed by atoms with Gasteiger partial charge in [-0.3, -0.25) is 4.79 Å². The summed E-state index contributed by atoms with van der Waals surface area (Å²) >= 11 is 0. The number of hydrogen-bond donors (Lipinski definition) is 0. The number of ether oxygens (including phenoxy) is 1. The molecule has 1 aliphatic rings. The van der Waals surface area contributed by atoms with Gasteiger partial charge in [0.1, 0.15) is 5.75 Å². The molecule has 0 unspecified atom stereocenters. The number of nitrogens with zero attached hydrogens (tertiary/aromatic N) is 2. The van der Waals surface area contributed by atoms with Gasteiger partial charge in [0.05, 0.1) is 17.7 Å². The van der Waals surface area contributed by atoms with E-state index in [4.69, 9.17) is 15.4 Å². The van der Waals surface area contributed by atoms with E-state index in [0.717, 1.165) is 0 Å². The zero-order valence-corrected chi connectivity index (χ0v) is 14.1. The molecule has 0 aromatic heterocycles. The lowest BCUT2D eigenvalue weighted by Crippen LogP contribution is -2.52. The normalized spacial score (nSPS) is 16.2. The second-order valence-corrected chi connectivity index (χ2v) is 7.61. The number of piperazine rings is 1. The Morgan fingerprint density at radius 1 is 1.21 bits per heavy atom. The summed E-state index contributed by atoms with van der Waals surface area (Å²) in [6, 6.07) is 3.98. The van der Waals surface area contributed by atoms with Gasteiger partial charge in [-0.1, -0.05) is 0 Å². The number of benzene rings is 1. The number of methoxy groups -OCH3 is 1. The molecule has 1 aromatic rings. The SMILES string of the molecule is COc1ccc(S(=O)(=O)Cl)cc1N1CCN(C(=O)C(F)(F)F)CC1. The van der Waals surface area contributed by atoms with Gasteiger partial charge in [-0.05, 0) is 18.2 Å². The number of hydrogen-bond acceptors (Lipinski definition) is 5. The molecule has 0 N–H and O–H groups in total. The van der Waals surface area contributed by atoms with Crippen molar-refractivity contribution in [1.29, 1.82) is 0 Å². The quantitative estimate of drug-likeness (QED) is 0.741. The van der Waals surface area contributed by atoms with Crippen LogP contribution in [-0.2, 0) is 13.8 Å². The Bertz CT molecular complexity index is 731. The number of carbonyl (C=O) groups is 1. The van der Waals surface area contributed by atoms with Gasteiger partial charge in [0.2, 0.25) is 0 Å². The third-order valence-corrected chi connectivity index (χ3v) is 4.93. The molecule has 0 saturated carbocycles. The minimum absolute atomic E-state index is 0.101. The molecule has 1 aliphatic heterocycles. The molecule has 0 bridgehead atoms. The van der Waals surface area contributed by atoms with Crippen LogP contribution in [0.3, 0.4) is 0 Å². The Balaban J connectivity index is 2.21. The first-order valence-electron chi connectivity index (χ1n) is 6.78. The van der Waals surface area contributed by atoms with E-state index in [9.17, 15) is 26.4 Å². The predicted molar refractivity (Wildman–Crippen MR) is 80.9 cm³/mol. The highest BCUT2D eigenvalue weighted by Crippen LogP contribution is 2.33. The molecule has 1 amide bonds. The summed E-state index contributed by atoms with van der Waals surface area (Å²) in [5.41, 5.74) is 0.387. The summed E-state index contributed by atoms with van der Waals surface area (Å²) in [5.74, 6) is -1.53. The number of anilines is 1. The Hall–Kier alpha value is -1.68. The van der Waals surface area contributed by atoms with Crippen molar-refractivity contribution in [1.82, 2.24) is 4.90 Å². The van der Waals surface area contributed by atoms with Gasteiger partial charge in [0, 0.05) is 36.9 Å². The molecule has 1 fully saturated rings. The summed E-state index contributed by atoms with van der Waals surface area (Å²) < 4.78 is 65.4. The molecule has 6 nitrogen and oxygen atoms in total. The average Bonchev–Trinajstić information content (AvgIpc) is 2.52. The van der Waals surface area contributed by atoms with Crippen LogP contribution in [0.5, 0.6) is 5.75 Å². The Kier molecular flexibility index (Phi) is 5.19. The van der Waals surface area contributed by atoms with E-state index < -0.39 is 21.1 Å². The van der Waals surface area contributed by atoms with E-state index in [1.807, 2.05) is 0 Å². The molecule has 134 valence electrons. The van der Waals surface area contributed by atoms with Crippen LogP contribution < -0.4 is 9.64 Å². The molecular weight excluding hydrogens is 373 g/mol. The fourth-order valence-corrected chi connectivity index (χ4v) is 3.17. The fraction of sp³-hybridized carbons (Fsp3) is 0.462. The minimum Gasteiger partial charge on any atom is -0.495 e. The topological polar surface area (TPSA) is 66.9 Å². The van der Waals surface area contributed by atoms with Crippen LogP contribution in [0.2, 0.25) is 0 Å². The molecule has 1 saturated heterocycles. The van der Waals surface area contributed by atoms with Crippen LogP contribution in [0.15, 0.2) is 23.1 Å². The van der Waals surface area contributed by atoms with Gasteiger partial charge in [-0.25, -0.2) is 8.42 Å². The lowest BCUT2D eigenvalue weighted by atomic mass is 10.2. The lowest BCUT2D eigenvalue weighted by Gasteiger charge is -2.36. The van der Waals surface area contributed by atoms with Crippen molar-refractivity contribution in [3.8, 4) is 5.75 Å². The number of carbonyl (C=O) groups excluding carboxylic acids is 1. The van der Waals surface area contributed by atoms with Gasteiger partial charge in [-0.15, -0.1) is 0 Å². The monoisotopic (exact) mass is 386 g/mol. The third-order valence-electron chi connectivity index (χ3n) is 3.58. The van der Waals surface area contributed by atoms with Crippen molar-refractivity contribution >= 4 is 31.3 Å². The van der Waals surface area contributed by atoms with E-state index in [1.54, 1.807) is 4.90 Å². The van der Waals surface area contributed by atoms with Crippen LogP contribution in [0, 0.1) is 0 Å². The van der Waals surface area contributed by atoms with E-state index in [1.165, 1.54) is 25.3 Å². The lowest BCUT2D eigenvalue weighted by molar-refractivity contribution is -0.185. The molecule has 1 aromatic carbocycles. The standard InChI is InChI=1S/C13H14ClF3N2O4S/c1-23-11-3-2-9(24(14,21)22)8-10(11)18-4-6-19(7-5-18)12(20)13(15,16)17/h2-3,8H,4-7H2,1H3. The molecule has 0 spiro atoms. The minimum atomic E-state index is -4.91. The Labute approximate surface area is 141 Å². The summed E-state index contributed by atoms with van der Waals surface area (Å²) in [6.45, 7) is -0.0768. The highest BCUT2D eigenvalue weighted by atomic mass is 35.7. The molecule has 0 atom stereocenters. The average molecular weight is 387 g/mol. The Morgan fingerprint density at radius 2 is 1.79 bits per heavy atom. The summed E-state index contributed by atoms with van der Waals surface area (Å²) in [4.78, 5) is 13.4. The number of rotatable bonds is 3. The van der Waals surface area contributed by atoms with Gasteiger partial charge in [0.15, 0.2) is 0 Å². The zero-order valence-electron chi connectivity index (χ0n) is 12.5. The Morgan fingerprint density at radius 3 is 2.25 bits per heavy atom. The maximum atomic E-state index is 12.5. The van der Waals surface area contributed by atoms with Crippen LogP contribution in [0.1, 0.15) is 0 Å². The third kappa shape index (κ3) is 4.04. The summed E-state index contributed by atoms with van der Waals surface area (Å²) in [5, 5.41) is 0. The van der Waals surface area contributed by atoms with Crippen molar-refractivity contribution < 1.29 is 31.1 Å². The van der Waals surface area contributed by atoms with Crippen LogP contribution in [-0.4, -0.2) is 58.7 Å². The van der Waals surface area contributed by atoms with E-state index >= 15 is 0 Å². The van der Waals surface area contributed by atoms with Crippen LogP contribution in [0.25, 0.3) is 0 Å². The molecule has 1 heterocycles. The van der Waals surface area contributed by atoms with Gasteiger partial charge < -0.3 is 14.5 Å². The second-order valence-electron chi connectivity index (χ2n) is 5.05. The fourth-order valence-electron chi connectivity index (χ4n) is 2.40. The van der Waals surface area contributed by atoms with Crippen molar-refractivity contribution in [2.24, 2.45) is 0 Å². The number of alkyl halides is 3. The molecule has 0 aliphatic carbocycles. The maximum Gasteiger partial charge on any atom is 0.471 e. The summed E-state index contributed by atoms with van der Waals surface area (Å²) in [6.07, 6.45) is -4.91. The molecule has 11 heteroatoms. The number of amides is 1. The predicted octanol–water partition coefficient (Wildman–Crippen LogP) is 1.83. The van der Waals surface area contributed by atoms with Crippen molar-refractivity contribution in [2.45, 2.75) is 11.1 Å². The van der Waals surface area contributed by atoms with Crippen LogP contribution in [0.4, 0.5) is 18.9 Å². The first-order chi connectivity index (χ1) is 11.0.